The second kappa shape index (κ2) is 7.16. The Balaban J connectivity index is 1.96. The normalized spacial score (nSPS) is 16.1. The van der Waals surface area contributed by atoms with Crippen molar-refractivity contribution in [1.82, 2.24) is 9.80 Å². The minimum atomic E-state index is -0.430. The average Bonchev–Trinajstić information content (AvgIpc) is 2.95. The van der Waals surface area contributed by atoms with E-state index < -0.39 is 6.04 Å². The van der Waals surface area contributed by atoms with Crippen LogP contribution in [-0.2, 0) is 0 Å². The van der Waals surface area contributed by atoms with E-state index in [0.29, 0.717) is 29.6 Å². The topological polar surface area (TPSA) is 53.8 Å². The van der Waals surface area contributed by atoms with Crippen LogP contribution in [-0.4, -0.2) is 42.9 Å². The number of benzene rings is 2. The van der Waals surface area contributed by atoms with Gasteiger partial charge in [0.25, 0.3) is 5.91 Å². The van der Waals surface area contributed by atoms with Gasteiger partial charge in [0.05, 0.1) is 17.0 Å². The number of hydrogen-bond acceptors (Lipinski definition) is 4. The second-order valence-corrected chi connectivity index (χ2v) is 8.22. The summed E-state index contributed by atoms with van der Waals surface area (Å²) in [7, 11) is 3.94. The monoisotopic (exact) mass is 390 g/mol. The molecule has 1 amide bonds. The zero-order valence-electron chi connectivity index (χ0n) is 17.6. The molecule has 5 nitrogen and oxygen atoms in total. The van der Waals surface area contributed by atoms with Gasteiger partial charge in [-0.1, -0.05) is 29.8 Å². The average molecular weight is 390 g/mol. The molecule has 5 heteroatoms. The lowest BCUT2D eigenvalue weighted by Crippen LogP contribution is -2.35. The molecule has 3 aromatic rings. The van der Waals surface area contributed by atoms with E-state index in [0.717, 1.165) is 22.3 Å². The highest BCUT2D eigenvalue weighted by Gasteiger charge is 2.42. The lowest BCUT2D eigenvalue weighted by Gasteiger charge is -2.26. The third-order valence-corrected chi connectivity index (χ3v) is 5.76. The van der Waals surface area contributed by atoms with E-state index in [4.69, 9.17) is 4.42 Å². The van der Waals surface area contributed by atoms with Gasteiger partial charge in [0.2, 0.25) is 5.76 Å². The highest BCUT2D eigenvalue weighted by molar-refractivity contribution is 5.99. The summed E-state index contributed by atoms with van der Waals surface area (Å²) in [6.45, 7) is 7.19. The maximum atomic E-state index is 13.5. The molecule has 0 bridgehead atoms. The van der Waals surface area contributed by atoms with Gasteiger partial charge in [-0.15, -0.1) is 0 Å². The third-order valence-electron chi connectivity index (χ3n) is 5.76. The van der Waals surface area contributed by atoms with Gasteiger partial charge >= 0.3 is 0 Å². The van der Waals surface area contributed by atoms with E-state index in [9.17, 15) is 9.59 Å². The Kier molecular flexibility index (Phi) is 4.79. The maximum Gasteiger partial charge on any atom is 0.290 e. The van der Waals surface area contributed by atoms with Crippen LogP contribution in [0.1, 0.15) is 44.4 Å². The van der Waals surface area contributed by atoms with Gasteiger partial charge in [-0.05, 0) is 63.7 Å². The van der Waals surface area contributed by atoms with E-state index in [-0.39, 0.29) is 17.1 Å². The van der Waals surface area contributed by atoms with Crippen molar-refractivity contribution in [3.8, 4) is 0 Å². The Morgan fingerprint density at radius 3 is 2.31 bits per heavy atom. The molecule has 29 heavy (non-hydrogen) atoms. The van der Waals surface area contributed by atoms with Crippen molar-refractivity contribution >= 4 is 16.9 Å². The predicted molar refractivity (Wildman–Crippen MR) is 115 cm³/mol. The fraction of sp³-hybridized carbons (Fsp3) is 0.333. The first-order chi connectivity index (χ1) is 13.8. The number of likely N-dealkylation sites (N-methyl/N-ethyl adjacent to an activating group) is 1. The molecular weight excluding hydrogens is 364 g/mol. The van der Waals surface area contributed by atoms with E-state index in [1.54, 1.807) is 4.90 Å². The van der Waals surface area contributed by atoms with Gasteiger partial charge in [0.15, 0.2) is 5.43 Å². The van der Waals surface area contributed by atoms with Gasteiger partial charge in [0, 0.05) is 13.1 Å². The van der Waals surface area contributed by atoms with Crippen LogP contribution in [0, 0.1) is 20.8 Å². The molecule has 0 spiro atoms. The number of amides is 1. The number of aryl methyl sites for hydroxylation is 3. The quantitative estimate of drug-likeness (QED) is 0.680. The molecule has 1 aromatic heterocycles. The molecule has 0 saturated heterocycles. The van der Waals surface area contributed by atoms with Crippen LogP contribution in [0.4, 0.5) is 0 Å². The number of hydrogen-bond donors (Lipinski definition) is 0. The van der Waals surface area contributed by atoms with Crippen molar-refractivity contribution in [2.24, 2.45) is 0 Å². The summed E-state index contributed by atoms with van der Waals surface area (Å²) in [5.74, 6) is -0.0419. The Hall–Kier alpha value is -2.92. The van der Waals surface area contributed by atoms with Crippen LogP contribution in [0.3, 0.4) is 0 Å². The molecule has 1 atom stereocenters. The predicted octanol–water partition coefficient (Wildman–Crippen LogP) is 3.83. The summed E-state index contributed by atoms with van der Waals surface area (Å²) in [6, 6.07) is 11.3. The van der Waals surface area contributed by atoms with Crippen LogP contribution in [0.5, 0.6) is 0 Å². The molecule has 1 aliphatic heterocycles. The van der Waals surface area contributed by atoms with Gasteiger partial charge in [-0.3, -0.25) is 9.59 Å². The highest BCUT2D eigenvalue weighted by atomic mass is 16.3. The van der Waals surface area contributed by atoms with Crippen molar-refractivity contribution in [2.45, 2.75) is 26.8 Å². The molecule has 4 rings (SSSR count). The van der Waals surface area contributed by atoms with Crippen LogP contribution in [0.2, 0.25) is 0 Å². The van der Waals surface area contributed by atoms with Crippen LogP contribution >= 0.6 is 0 Å². The summed E-state index contributed by atoms with van der Waals surface area (Å²) in [5.41, 5.74) is 4.94. The molecule has 0 N–H and O–H groups in total. The summed E-state index contributed by atoms with van der Waals surface area (Å²) in [5, 5.41) is 0.534. The lowest BCUT2D eigenvalue weighted by atomic mass is 9.97. The molecule has 0 saturated carbocycles. The third kappa shape index (κ3) is 3.25. The summed E-state index contributed by atoms with van der Waals surface area (Å²) < 4.78 is 6.04. The zero-order valence-corrected chi connectivity index (χ0v) is 17.6. The Labute approximate surface area is 170 Å². The van der Waals surface area contributed by atoms with Gasteiger partial charge in [-0.2, -0.15) is 0 Å². The van der Waals surface area contributed by atoms with Crippen molar-refractivity contribution < 1.29 is 9.21 Å². The molecule has 1 unspecified atom stereocenters. The van der Waals surface area contributed by atoms with E-state index in [1.807, 2.05) is 76.2 Å². The minimum Gasteiger partial charge on any atom is -0.450 e. The molecule has 2 aromatic carbocycles. The first-order valence-corrected chi connectivity index (χ1v) is 9.88. The van der Waals surface area contributed by atoms with E-state index in [1.165, 1.54) is 0 Å². The number of nitrogens with zero attached hydrogens (tertiary/aromatic N) is 2. The molecular formula is C24H26N2O3. The zero-order chi connectivity index (χ0) is 20.9. The second-order valence-electron chi connectivity index (χ2n) is 8.22. The summed E-state index contributed by atoms with van der Waals surface area (Å²) in [6.07, 6.45) is 0. The van der Waals surface area contributed by atoms with Crippen LogP contribution < -0.4 is 5.43 Å². The SMILES string of the molecule is Cc1ccc(C2c3c(oc4cc(C)c(C)cc4c3=O)C(=O)N2CCN(C)C)cc1. The summed E-state index contributed by atoms with van der Waals surface area (Å²) >= 11 is 0. The Morgan fingerprint density at radius 2 is 1.66 bits per heavy atom. The minimum absolute atomic E-state index is 0.115. The smallest absolute Gasteiger partial charge is 0.290 e. The van der Waals surface area contributed by atoms with Crippen LogP contribution in [0.15, 0.2) is 45.6 Å². The highest BCUT2D eigenvalue weighted by Crippen LogP contribution is 2.38. The fourth-order valence-corrected chi connectivity index (χ4v) is 3.91. The lowest BCUT2D eigenvalue weighted by molar-refractivity contribution is 0.0716. The van der Waals surface area contributed by atoms with E-state index >= 15 is 0 Å². The number of carbonyl (C=O) groups excluding carboxylic acids is 1. The van der Waals surface area contributed by atoms with Crippen molar-refractivity contribution in [3.63, 3.8) is 0 Å². The van der Waals surface area contributed by atoms with Gasteiger partial charge in [-0.25, -0.2) is 0 Å². The number of fused-ring (bicyclic) bond motifs is 2. The standard InChI is InChI=1S/C24H26N2O3/c1-14-6-8-17(9-7-14)21-20-22(27)18-12-15(2)16(3)13-19(18)29-23(20)24(28)26(21)11-10-25(4)5/h6-9,12-13,21H,10-11H2,1-5H3. The first kappa shape index (κ1) is 19.4. The maximum absolute atomic E-state index is 13.5. The van der Waals surface area contributed by atoms with Gasteiger partial charge < -0.3 is 14.2 Å². The Bertz CT molecular complexity index is 1160. The Morgan fingerprint density at radius 1 is 1.00 bits per heavy atom. The van der Waals surface area contributed by atoms with Crippen molar-refractivity contribution in [3.05, 3.63) is 80.2 Å². The van der Waals surface area contributed by atoms with Gasteiger partial charge in [0.1, 0.15) is 5.58 Å². The number of carbonyl (C=O) groups is 1. The molecule has 2 heterocycles. The molecule has 0 fully saturated rings. The molecule has 150 valence electrons. The largest absolute Gasteiger partial charge is 0.450 e. The first-order valence-electron chi connectivity index (χ1n) is 9.88. The molecule has 1 aliphatic rings. The summed E-state index contributed by atoms with van der Waals surface area (Å²) in [4.78, 5) is 30.6. The van der Waals surface area contributed by atoms with Crippen molar-refractivity contribution in [1.29, 1.82) is 0 Å². The van der Waals surface area contributed by atoms with Crippen molar-refractivity contribution in [2.75, 3.05) is 27.2 Å². The molecule has 0 radical (unpaired) electrons. The molecule has 0 aliphatic carbocycles. The van der Waals surface area contributed by atoms with E-state index in [2.05, 4.69) is 0 Å². The van der Waals surface area contributed by atoms with Crippen LogP contribution in [0.25, 0.3) is 11.0 Å². The number of rotatable bonds is 4. The fourth-order valence-electron chi connectivity index (χ4n) is 3.91.